The Morgan fingerprint density at radius 2 is 1.58 bits per heavy atom. The maximum absolute atomic E-state index is 13.2. The number of ether oxygens (including phenoxy) is 5. The highest BCUT2D eigenvalue weighted by Crippen LogP contribution is 2.56. The van der Waals surface area contributed by atoms with E-state index < -0.39 is 5.92 Å². The van der Waals surface area contributed by atoms with Crippen LogP contribution in [0.5, 0.6) is 28.7 Å². The lowest BCUT2D eigenvalue weighted by Crippen LogP contribution is -2.37. The molecule has 0 saturated carbocycles. The van der Waals surface area contributed by atoms with E-state index >= 15 is 0 Å². The fourth-order valence-corrected chi connectivity index (χ4v) is 5.60. The first-order valence-corrected chi connectivity index (χ1v) is 11.7. The summed E-state index contributed by atoms with van der Waals surface area (Å²) < 4.78 is 27.9. The Balaban J connectivity index is 1.55. The summed E-state index contributed by atoms with van der Waals surface area (Å²) in [6.07, 6.45) is 0. The highest BCUT2D eigenvalue weighted by Gasteiger charge is 2.52. The van der Waals surface area contributed by atoms with Crippen molar-refractivity contribution < 1.29 is 33.6 Å². The lowest BCUT2D eigenvalue weighted by atomic mass is 9.65. The molecule has 4 N–H and O–H groups in total. The van der Waals surface area contributed by atoms with Crippen LogP contribution in [0, 0.1) is 11.8 Å². The van der Waals surface area contributed by atoms with E-state index in [1.807, 2.05) is 36.4 Å². The van der Waals surface area contributed by atoms with Gasteiger partial charge in [0.15, 0.2) is 23.0 Å². The Kier molecular flexibility index (Phi) is 5.21. The number of carbonyl (C=O) groups is 1. The zero-order valence-corrected chi connectivity index (χ0v) is 19.8. The fourth-order valence-electron chi connectivity index (χ4n) is 5.60. The molecule has 0 bridgehead atoms. The van der Waals surface area contributed by atoms with E-state index in [4.69, 9.17) is 29.4 Å². The second kappa shape index (κ2) is 8.44. The van der Waals surface area contributed by atoms with E-state index in [-0.39, 0.29) is 54.5 Å². The third kappa shape index (κ3) is 3.42. The minimum absolute atomic E-state index is 0.0982. The molecular formula is C27H26N2O7. The first kappa shape index (κ1) is 22.2. The van der Waals surface area contributed by atoms with Crippen molar-refractivity contribution in [2.24, 2.45) is 11.8 Å². The van der Waals surface area contributed by atoms with Crippen molar-refractivity contribution in [2.75, 3.05) is 38.7 Å². The molecule has 2 aliphatic heterocycles. The molecule has 9 nitrogen and oxygen atoms in total. The normalized spacial score (nSPS) is 23.4. The molecule has 3 aliphatic rings. The number of nitrogens with one attached hydrogen (secondary N) is 1. The van der Waals surface area contributed by atoms with Gasteiger partial charge in [0, 0.05) is 23.2 Å². The molecule has 0 unspecified atom stereocenters. The van der Waals surface area contributed by atoms with Crippen LogP contribution in [0.1, 0.15) is 28.7 Å². The summed E-state index contributed by atoms with van der Waals surface area (Å²) in [5.74, 6) is 0.383. The molecule has 0 radical (unpaired) electrons. The fraction of sp³-hybridized carbons (Fsp3) is 0.296. The number of nitrogen functional groups attached to an aromatic ring is 1. The van der Waals surface area contributed by atoms with Crippen LogP contribution in [0.15, 0.2) is 48.5 Å². The van der Waals surface area contributed by atoms with E-state index in [1.165, 1.54) is 14.2 Å². The number of hydrogen-bond donors (Lipinski definition) is 3. The molecule has 0 aromatic heterocycles. The van der Waals surface area contributed by atoms with Crippen molar-refractivity contribution in [3.8, 4) is 28.7 Å². The molecule has 2 heterocycles. The number of benzene rings is 3. The van der Waals surface area contributed by atoms with Gasteiger partial charge in [0.05, 0.1) is 32.8 Å². The highest BCUT2D eigenvalue weighted by atomic mass is 16.7. The van der Waals surface area contributed by atoms with Gasteiger partial charge in [0.25, 0.3) is 0 Å². The zero-order chi connectivity index (χ0) is 25.0. The summed E-state index contributed by atoms with van der Waals surface area (Å²) in [7, 11) is 2.95. The summed E-state index contributed by atoms with van der Waals surface area (Å²) in [5, 5.41) is 14.1. The predicted octanol–water partition coefficient (Wildman–Crippen LogP) is 3.81. The third-order valence-corrected chi connectivity index (χ3v) is 7.28. The monoisotopic (exact) mass is 490 g/mol. The van der Waals surface area contributed by atoms with Gasteiger partial charge in [-0.05, 0) is 65.2 Å². The number of phenolic OH excluding ortho intramolecular Hbond substituents is 1. The second-order valence-electron chi connectivity index (χ2n) is 9.15. The number of esters is 1. The molecule has 0 amide bonds. The van der Waals surface area contributed by atoms with Crippen LogP contribution < -0.4 is 30.0 Å². The van der Waals surface area contributed by atoms with E-state index in [0.29, 0.717) is 17.2 Å². The summed E-state index contributed by atoms with van der Waals surface area (Å²) in [6, 6.07) is 14.7. The van der Waals surface area contributed by atoms with Crippen molar-refractivity contribution in [3.05, 3.63) is 65.2 Å². The second-order valence-corrected chi connectivity index (χ2v) is 9.15. The van der Waals surface area contributed by atoms with Crippen molar-refractivity contribution in [1.82, 2.24) is 0 Å². The highest BCUT2D eigenvalue weighted by molar-refractivity contribution is 5.79. The minimum atomic E-state index is -0.483. The third-order valence-electron chi connectivity index (χ3n) is 7.28. The van der Waals surface area contributed by atoms with Crippen molar-refractivity contribution in [3.63, 3.8) is 0 Å². The number of nitrogens with two attached hydrogens (primary N) is 1. The van der Waals surface area contributed by atoms with Crippen LogP contribution in [0.2, 0.25) is 0 Å². The number of cyclic esters (lactones) is 1. The van der Waals surface area contributed by atoms with Gasteiger partial charge in [-0.25, -0.2) is 0 Å². The number of aromatic hydroxyl groups is 1. The summed E-state index contributed by atoms with van der Waals surface area (Å²) in [5.41, 5.74) is 10.1. The molecule has 3 aromatic carbocycles. The predicted molar refractivity (Wildman–Crippen MR) is 131 cm³/mol. The van der Waals surface area contributed by atoms with Gasteiger partial charge in [-0.3, -0.25) is 4.79 Å². The number of carbonyl (C=O) groups excluding carboxylic acids is 1. The van der Waals surface area contributed by atoms with Crippen LogP contribution in [0.4, 0.5) is 11.4 Å². The largest absolute Gasteiger partial charge is 0.502 e. The van der Waals surface area contributed by atoms with Gasteiger partial charge >= 0.3 is 5.97 Å². The maximum atomic E-state index is 13.2. The van der Waals surface area contributed by atoms with E-state index in [9.17, 15) is 9.90 Å². The quantitative estimate of drug-likeness (QED) is 0.362. The van der Waals surface area contributed by atoms with Crippen molar-refractivity contribution in [1.29, 1.82) is 0 Å². The summed E-state index contributed by atoms with van der Waals surface area (Å²) >= 11 is 0. The molecular weight excluding hydrogens is 464 g/mol. The average Bonchev–Trinajstić information content (AvgIpc) is 3.51. The molecule has 36 heavy (non-hydrogen) atoms. The number of hydrogen-bond acceptors (Lipinski definition) is 9. The van der Waals surface area contributed by atoms with Crippen molar-refractivity contribution in [2.45, 2.75) is 12.0 Å². The van der Waals surface area contributed by atoms with Crippen LogP contribution in [0.3, 0.4) is 0 Å². The number of fused-ring (bicyclic) bond motifs is 3. The van der Waals surface area contributed by atoms with Gasteiger partial charge in [-0.1, -0.05) is 0 Å². The van der Waals surface area contributed by atoms with Crippen LogP contribution >= 0.6 is 0 Å². The lowest BCUT2D eigenvalue weighted by Gasteiger charge is -2.40. The smallest absolute Gasteiger partial charge is 0.310 e. The van der Waals surface area contributed by atoms with Gasteiger partial charge < -0.3 is 39.8 Å². The first-order valence-electron chi connectivity index (χ1n) is 11.7. The Labute approximate surface area is 207 Å². The molecule has 6 rings (SSSR count). The molecule has 9 heteroatoms. The molecule has 4 atom stereocenters. The Morgan fingerprint density at radius 1 is 0.944 bits per heavy atom. The minimum Gasteiger partial charge on any atom is -0.502 e. The Morgan fingerprint density at radius 3 is 2.22 bits per heavy atom. The summed E-state index contributed by atoms with van der Waals surface area (Å²) in [6.45, 7) is 0.404. The number of phenols is 1. The van der Waals surface area contributed by atoms with Gasteiger partial charge in [0.2, 0.25) is 12.5 Å². The summed E-state index contributed by atoms with van der Waals surface area (Å²) in [4.78, 5) is 13.2. The Bertz CT molecular complexity index is 1320. The van der Waals surface area contributed by atoms with Gasteiger partial charge in [0.1, 0.15) is 0 Å². The lowest BCUT2D eigenvalue weighted by molar-refractivity contribution is -0.141. The van der Waals surface area contributed by atoms with Crippen LogP contribution in [-0.4, -0.2) is 38.7 Å². The Hall–Kier alpha value is -4.27. The van der Waals surface area contributed by atoms with E-state index in [1.54, 1.807) is 12.1 Å². The molecule has 3 aromatic rings. The average molecular weight is 491 g/mol. The standard InChI is InChI=1S/C27H26N2O7/c1-32-21-7-13(8-22(33-2)26(21)30)23-16-9-19-20(36-12-35-19)10-17(16)25(18-11-34-27(31)24(18)23)29-15-5-3-14(28)4-6-15/h3-10,18,23-25,29-30H,11-12,28H2,1-2H3/t18-,23+,24-,25+/m0/s1. The van der Waals surface area contributed by atoms with Crippen LogP contribution in [0.25, 0.3) is 0 Å². The van der Waals surface area contributed by atoms with Gasteiger partial charge in [-0.15, -0.1) is 0 Å². The zero-order valence-electron chi connectivity index (χ0n) is 19.8. The molecule has 0 spiro atoms. The number of rotatable bonds is 5. The maximum Gasteiger partial charge on any atom is 0.310 e. The van der Waals surface area contributed by atoms with Crippen LogP contribution in [-0.2, 0) is 9.53 Å². The molecule has 186 valence electrons. The number of methoxy groups -OCH3 is 2. The van der Waals surface area contributed by atoms with E-state index in [2.05, 4.69) is 5.32 Å². The van der Waals surface area contributed by atoms with Gasteiger partial charge in [-0.2, -0.15) is 0 Å². The topological polar surface area (TPSA) is 122 Å². The van der Waals surface area contributed by atoms with E-state index in [0.717, 1.165) is 22.4 Å². The molecule has 1 aliphatic carbocycles. The molecule has 1 fully saturated rings. The first-order chi connectivity index (χ1) is 17.5. The van der Waals surface area contributed by atoms with Crippen molar-refractivity contribution >= 4 is 17.3 Å². The molecule has 1 saturated heterocycles. The SMILES string of the molecule is COc1cc([C@@H]2c3cc4c(cc3[C@@H](Nc3ccc(N)cc3)[C@H]3COC(=O)[C@H]23)OCO4)cc(OC)c1O. The number of anilines is 2.